The zero-order valence-electron chi connectivity index (χ0n) is 9.38. The minimum Gasteiger partial charge on any atom is -0.357 e. The molecule has 0 atom stereocenters. The number of rotatable bonds is 2. The van der Waals surface area contributed by atoms with Gasteiger partial charge in [0.2, 0.25) is 0 Å². The normalized spacial score (nSPS) is 11.2. The van der Waals surface area contributed by atoms with Crippen LogP contribution in [0.1, 0.15) is 19.5 Å². The summed E-state index contributed by atoms with van der Waals surface area (Å²) in [5.41, 5.74) is 1.98. The second-order valence-electron chi connectivity index (χ2n) is 4.42. The van der Waals surface area contributed by atoms with E-state index in [1.54, 1.807) is 6.07 Å². The Hall–Kier alpha value is -1.09. The largest absolute Gasteiger partial charge is 0.357 e. The standard InChI is InChI=1S/C13H14BrNO/c1-8(2)6-9-7-12(16)10-4-3-5-11(14)13(10)15-9/h3-5,7-8H,6H2,1-2H3,(H,15,16). The van der Waals surface area contributed by atoms with E-state index < -0.39 is 0 Å². The quantitative estimate of drug-likeness (QED) is 0.897. The van der Waals surface area contributed by atoms with E-state index in [2.05, 4.69) is 34.8 Å². The monoisotopic (exact) mass is 279 g/mol. The smallest absolute Gasteiger partial charge is 0.189 e. The van der Waals surface area contributed by atoms with Crippen LogP contribution in [0.25, 0.3) is 10.9 Å². The van der Waals surface area contributed by atoms with Crippen LogP contribution >= 0.6 is 15.9 Å². The number of hydrogen-bond donors (Lipinski definition) is 1. The average molecular weight is 280 g/mol. The second-order valence-corrected chi connectivity index (χ2v) is 5.27. The Morgan fingerprint density at radius 2 is 2.12 bits per heavy atom. The molecule has 0 unspecified atom stereocenters. The average Bonchev–Trinajstić information content (AvgIpc) is 2.19. The number of H-pyrrole nitrogens is 1. The Morgan fingerprint density at radius 1 is 1.38 bits per heavy atom. The van der Waals surface area contributed by atoms with Gasteiger partial charge in [0.25, 0.3) is 0 Å². The zero-order chi connectivity index (χ0) is 11.7. The highest BCUT2D eigenvalue weighted by Gasteiger charge is 2.05. The molecule has 0 saturated carbocycles. The maximum Gasteiger partial charge on any atom is 0.189 e. The van der Waals surface area contributed by atoms with Gasteiger partial charge in [0.05, 0.1) is 5.52 Å². The summed E-state index contributed by atoms with van der Waals surface area (Å²) in [5.74, 6) is 0.538. The zero-order valence-corrected chi connectivity index (χ0v) is 11.0. The van der Waals surface area contributed by atoms with E-state index in [-0.39, 0.29) is 5.43 Å². The first-order valence-corrected chi connectivity index (χ1v) is 6.17. The van der Waals surface area contributed by atoms with E-state index in [4.69, 9.17) is 0 Å². The molecule has 0 radical (unpaired) electrons. The Morgan fingerprint density at radius 3 is 2.81 bits per heavy atom. The number of hydrogen-bond acceptors (Lipinski definition) is 1. The number of nitrogens with one attached hydrogen (secondary N) is 1. The summed E-state index contributed by atoms with van der Waals surface area (Å²) in [7, 11) is 0. The van der Waals surface area contributed by atoms with Gasteiger partial charge in [0, 0.05) is 21.6 Å². The molecule has 1 aromatic heterocycles. The molecule has 1 N–H and O–H groups in total. The van der Waals surface area contributed by atoms with Crippen LogP contribution in [0.5, 0.6) is 0 Å². The van der Waals surface area contributed by atoms with Gasteiger partial charge in [0.1, 0.15) is 0 Å². The molecule has 2 aromatic rings. The van der Waals surface area contributed by atoms with Crippen LogP contribution in [0.4, 0.5) is 0 Å². The van der Waals surface area contributed by atoms with Gasteiger partial charge >= 0.3 is 0 Å². The number of halogens is 1. The molecular weight excluding hydrogens is 266 g/mol. The maximum absolute atomic E-state index is 11.9. The topological polar surface area (TPSA) is 32.9 Å². The molecule has 1 aromatic carbocycles. The van der Waals surface area contributed by atoms with Gasteiger partial charge in [-0.3, -0.25) is 4.79 Å². The molecule has 2 rings (SSSR count). The predicted molar refractivity (Wildman–Crippen MR) is 70.8 cm³/mol. The van der Waals surface area contributed by atoms with Crippen molar-refractivity contribution in [3.8, 4) is 0 Å². The lowest BCUT2D eigenvalue weighted by Gasteiger charge is -2.07. The molecule has 0 fully saturated rings. The Balaban J connectivity index is 2.66. The Labute approximate surface area is 103 Å². The van der Waals surface area contributed by atoms with Gasteiger partial charge in [-0.15, -0.1) is 0 Å². The molecule has 0 amide bonds. The lowest BCUT2D eigenvalue weighted by molar-refractivity contribution is 0.636. The first-order valence-electron chi connectivity index (χ1n) is 5.38. The van der Waals surface area contributed by atoms with E-state index in [9.17, 15) is 4.79 Å². The molecule has 16 heavy (non-hydrogen) atoms. The highest BCUT2D eigenvalue weighted by atomic mass is 79.9. The summed E-state index contributed by atoms with van der Waals surface area (Å²) in [6.45, 7) is 4.28. The highest BCUT2D eigenvalue weighted by Crippen LogP contribution is 2.20. The first kappa shape index (κ1) is 11.4. The summed E-state index contributed by atoms with van der Waals surface area (Å²) in [5, 5.41) is 0.738. The molecule has 0 aliphatic heterocycles. The first-order chi connectivity index (χ1) is 7.58. The molecule has 0 bridgehead atoms. The molecule has 0 aliphatic rings. The Bertz CT molecular complexity index is 572. The summed E-state index contributed by atoms with van der Waals surface area (Å²) in [6, 6.07) is 7.37. The molecule has 0 aliphatic carbocycles. The van der Waals surface area contributed by atoms with Crippen molar-refractivity contribution in [2.45, 2.75) is 20.3 Å². The van der Waals surface area contributed by atoms with Gasteiger partial charge in [-0.1, -0.05) is 19.9 Å². The SMILES string of the molecule is CC(C)Cc1cc(=O)c2cccc(Br)c2[nH]1. The molecule has 2 nitrogen and oxygen atoms in total. The van der Waals surface area contributed by atoms with E-state index >= 15 is 0 Å². The van der Waals surface area contributed by atoms with Gasteiger partial charge in [-0.05, 0) is 40.4 Å². The number of para-hydroxylation sites is 1. The third-order valence-electron chi connectivity index (χ3n) is 2.50. The summed E-state index contributed by atoms with van der Waals surface area (Å²) in [6.07, 6.45) is 0.895. The van der Waals surface area contributed by atoms with Crippen LogP contribution in [0.15, 0.2) is 33.5 Å². The van der Waals surface area contributed by atoms with Gasteiger partial charge in [-0.2, -0.15) is 0 Å². The van der Waals surface area contributed by atoms with Crippen LogP contribution in [0, 0.1) is 5.92 Å². The van der Waals surface area contributed by atoms with E-state index in [0.29, 0.717) is 5.92 Å². The van der Waals surface area contributed by atoms with Crippen LogP contribution < -0.4 is 5.43 Å². The van der Waals surface area contributed by atoms with Crippen molar-refractivity contribution in [3.63, 3.8) is 0 Å². The molecule has 0 saturated heterocycles. The van der Waals surface area contributed by atoms with Crippen LogP contribution in [0.3, 0.4) is 0 Å². The number of fused-ring (bicyclic) bond motifs is 1. The minimum absolute atomic E-state index is 0.0886. The summed E-state index contributed by atoms with van der Waals surface area (Å²) in [4.78, 5) is 15.2. The summed E-state index contributed by atoms with van der Waals surface area (Å²) < 4.78 is 0.938. The van der Waals surface area contributed by atoms with Gasteiger partial charge in [-0.25, -0.2) is 0 Å². The number of aromatic amines is 1. The molecule has 84 valence electrons. The van der Waals surface area contributed by atoms with Crippen molar-refractivity contribution >= 4 is 26.8 Å². The lowest BCUT2D eigenvalue weighted by atomic mass is 10.1. The van der Waals surface area contributed by atoms with E-state index in [1.165, 1.54) is 0 Å². The second kappa shape index (κ2) is 4.42. The van der Waals surface area contributed by atoms with Crippen LogP contribution in [-0.4, -0.2) is 4.98 Å². The summed E-state index contributed by atoms with van der Waals surface area (Å²) >= 11 is 3.46. The van der Waals surface area contributed by atoms with Crippen molar-refractivity contribution < 1.29 is 0 Å². The fourth-order valence-corrected chi connectivity index (χ4v) is 2.30. The fraction of sp³-hybridized carbons (Fsp3) is 0.308. The maximum atomic E-state index is 11.9. The van der Waals surface area contributed by atoms with Crippen LogP contribution in [-0.2, 0) is 6.42 Å². The van der Waals surface area contributed by atoms with Crippen molar-refractivity contribution in [1.29, 1.82) is 0 Å². The number of benzene rings is 1. The molecule has 0 spiro atoms. The van der Waals surface area contributed by atoms with E-state index in [0.717, 1.165) is 27.5 Å². The highest BCUT2D eigenvalue weighted by molar-refractivity contribution is 9.10. The minimum atomic E-state index is 0.0886. The third kappa shape index (κ3) is 2.19. The van der Waals surface area contributed by atoms with Gasteiger partial charge in [0.15, 0.2) is 5.43 Å². The lowest BCUT2D eigenvalue weighted by Crippen LogP contribution is -2.07. The third-order valence-corrected chi connectivity index (χ3v) is 3.16. The van der Waals surface area contributed by atoms with Crippen molar-refractivity contribution in [1.82, 2.24) is 4.98 Å². The fourth-order valence-electron chi connectivity index (χ4n) is 1.84. The molecular formula is C13H14BrNO. The molecule has 3 heteroatoms. The molecule has 1 heterocycles. The van der Waals surface area contributed by atoms with Crippen molar-refractivity contribution in [3.05, 3.63) is 44.7 Å². The Kier molecular flexibility index (Phi) is 3.15. The van der Waals surface area contributed by atoms with Crippen LogP contribution in [0.2, 0.25) is 0 Å². The van der Waals surface area contributed by atoms with Gasteiger partial charge < -0.3 is 4.98 Å². The number of aromatic nitrogens is 1. The van der Waals surface area contributed by atoms with E-state index in [1.807, 2.05) is 18.2 Å². The number of pyridine rings is 1. The van der Waals surface area contributed by atoms with Crippen molar-refractivity contribution in [2.75, 3.05) is 0 Å². The van der Waals surface area contributed by atoms with Crippen molar-refractivity contribution in [2.24, 2.45) is 5.92 Å². The predicted octanol–water partition coefficient (Wildman–Crippen LogP) is 3.49.